The van der Waals surface area contributed by atoms with E-state index < -0.39 is 0 Å². The van der Waals surface area contributed by atoms with E-state index in [-0.39, 0.29) is 17.9 Å². The molecule has 0 spiro atoms. The lowest BCUT2D eigenvalue weighted by Crippen LogP contribution is -2.48. The summed E-state index contributed by atoms with van der Waals surface area (Å²) in [6.45, 7) is 6.52. The van der Waals surface area contributed by atoms with Crippen LogP contribution in [0.25, 0.3) is 0 Å². The smallest absolute Gasteiger partial charge is 0.317 e. The minimum atomic E-state index is -0.00753. The molecule has 3 atom stereocenters. The van der Waals surface area contributed by atoms with Gasteiger partial charge in [-0.2, -0.15) is 0 Å². The zero-order valence-corrected chi connectivity index (χ0v) is 13.8. The molecule has 0 radical (unpaired) electrons. The number of hydrogen-bond donors (Lipinski definition) is 2. The van der Waals surface area contributed by atoms with E-state index in [4.69, 9.17) is 0 Å². The molecular weight excluding hydrogens is 290 g/mol. The number of amides is 3. The van der Waals surface area contributed by atoms with Gasteiger partial charge in [-0.1, -0.05) is 32.0 Å². The van der Waals surface area contributed by atoms with Gasteiger partial charge >= 0.3 is 6.03 Å². The number of likely N-dealkylation sites (tertiary alicyclic amines) is 1. The van der Waals surface area contributed by atoms with Crippen LogP contribution in [0.2, 0.25) is 0 Å². The van der Waals surface area contributed by atoms with Gasteiger partial charge in [-0.3, -0.25) is 4.79 Å². The van der Waals surface area contributed by atoms with Gasteiger partial charge in [-0.15, -0.1) is 0 Å². The molecule has 5 nitrogen and oxygen atoms in total. The highest BCUT2D eigenvalue weighted by Crippen LogP contribution is 2.31. The highest BCUT2D eigenvalue weighted by atomic mass is 16.2. The molecule has 2 aliphatic rings. The standard InChI is InChI=1S/C18H25N3O2/c1-12-7-13(2)11-21(10-12)18(23)19-9-14-8-17(22)20-16-6-4-3-5-15(14)16/h3-6,12-14H,7-11H2,1-2H3,(H,19,23)(H,20,22). The number of fused-ring (bicyclic) bond motifs is 1. The van der Waals surface area contributed by atoms with Gasteiger partial charge in [0.15, 0.2) is 0 Å². The van der Waals surface area contributed by atoms with E-state index >= 15 is 0 Å². The van der Waals surface area contributed by atoms with E-state index in [0.29, 0.717) is 24.8 Å². The number of para-hydroxylation sites is 1. The van der Waals surface area contributed by atoms with E-state index in [2.05, 4.69) is 24.5 Å². The van der Waals surface area contributed by atoms with Crippen LogP contribution < -0.4 is 10.6 Å². The van der Waals surface area contributed by atoms with Crippen LogP contribution in [-0.4, -0.2) is 36.5 Å². The average molecular weight is 315 g/mol. The van der Waals surface area contributed by atoms with Crippen molar-refractivity contribution in [2.24, 2.45) is 11.8 Å². The van der Waals surface area contributed by atoms with Gasteiger partial charge in [0.1, 0.15) is 0 Å². The third-order valence-electron chi connectivity index (χ3n) is 4.76. The van der Waals surface area contributed by atoms with Crippen LogP contribution in [0, 0.1) is 11.8 Å². The Morgan fingerprint density at radius 3 is 2.70 bits per heavy atom. The monoisotopic (exact) mass is 315 g/mol. The van der Waals surface area contributed by atoms with Gasteiger partial charge in [0.05, 0.1) is 0 Å². The summed E-state index contributed by atoms with van der Waals surface area (Å²) in [4.78, 5) is 26.2. The second-order valence-electron chi connectivity index (χ2n) is 7.07. The highest BCUT2D eigenvalue weighted by molar-refractivity contribution is 5.94. The topological polar surface area (TPSA) is 61.4 Å². The molecular formula is C18H25N3O2. The van der Waals surface area contributed by atoms with Crippen molar-refractivity contribution < 1.29 is 9.59 Å². The van der Waals surface area contributed by atoms with Crippen molar-refractivity contribution in [2.45, 2.75) is 32.6 Å². The second kappa shape index (κ2) is 6.60. The van der Waals surface area contributed by atoms with Crippen molar-refractivity contribution in [3.05, 3.63) is 29.8 Å². The number of urea groups is 1. The van der Waals surface area contributed by atoms with E-state index in [1.165, 1.54) is 6.42 Å². The van der Waals surface area contributed by atoms with Crippen molar-refractivity contribution in [1.29, 1.82) is 0 Å². The van der Waals surface area contributed by atoms with Gasteiger partial charge in [0, 0.05) is 37.7 Å². The number of nitrogens with zero attached hydrogens (tertiary/aromatic N) is 1. The quantitative estimate of drug-likeness (QED) is 0.881. The summed E-state index contributed by atoms with van der Waals surface area (Å²) in [5, 5.41) is 5.92. The van der Waals surface area contributed by atoms with Crippen molar-refractivity contribution >= 4 is 17.6 Å². The van der Waals surface area contributed by atoms with Crippen molar-refractivity contribution in [1.82, 2.24) is 10.2 Å². The maximum Gasteiger partial charge on any atom is 0.317 e. The number of benzene rings is 1. The molecule has 0 aliphatic carbocycles. The summed E-state index contributed by atoms with van der Waals surface area (Å²) in [6, 6.07) is 7.81. The van der Waals surface area contributed by atoms with E-state index in [0.717, 1.165) is 24.3 Å². The number of rotatable bonds is 2. The summed E-state index contributed by atoms with van der Waals surface area (Å²) in [5.74, 6) is 1.16. The first-order valence-electron chi connectivity index (χ1n) is 8.44. The average Bonchev–Trinajstić information content (AvgIpc) is 2.51. The molecule has 0 saturated carbocycles. The number of anilines is 1. The third kappa shape index (κ3) is 3.66. The predicted octanol–water partition coefficient (Wildman–Crippen LogP) is 2.80. The largest absolute Gasteiger partial charge is 0.337 e. The first kappa shape index (κ1) is 15.8. The third-order valence-corrected chi connectivity index (χ3v) is 4.76. The van der Waals surface area contributed by atoms with Crippen LogP contribution in [0.1, 0.15) is 38.2 Å². The lowest BCUT2D eigenvalue weighted by atomic mass is 9.90. The summed E-state index contributed by atoms with van der Waals surface area (Å²) in [7, 11) is 0. The van der Waals surface area contributed by atoms with Gasteiger partial charge < -0.3 is 15.5 Å². The Kier molecular flexibility index (Phi) is 4.55. The van der Waals surface area contributed by atoms with E-state index in [9.17, 15) is 9.59 Å². The molecule has 2 heterocycles. The molecule has 1 aromatic carbocycles. The van der Waals surface area contributed by atoms with Crippen LogP contribution in [0.15, 0.2) is 24.3 Å². The minimum Gasteiger partial charge on any atom is -0.337 e. The molecule has 2 N–H and O–H groups in total. The number of hydrogen-bond acceptors (Lipinski definition) is 2. The van der Waals surface area contributed by atoms with Crippen LogP contribution in [0.4, 0.5) is 10.5 Å². The second-order valence-corrected chi connectivity index (χ2v) is 7.07. The Hall–Kier alpha value is -2.04. The summed E-state index contributed by atoms with van der Waals surface area (Å²) < 4.78 is 0. The number of carbonyl (C=O) groups excluding carboxylic acids is 2. The van der Waals surface area contributed by atoms with Crippen LogP contribution in [-0.2, 0) is 4.79 Å². The highest BCUT2D eigenvalue weighted by Gasteiger charge is 2.28. The molecule has 3 unspecified atom stereocenters. The van der Waals surface area contributed by atoms with Crippen molar-refractivity contribution in [2.75, 3.05) is 25.0 Å². The SMILES string of the molecule is CC1CC(C)CN(C(=O)NCC2CC(=O)Nc3ccccc32)C1. The van der Waals surface area contributed by atoms with Crippen LogP contribution >= 0.6 is 0 Å². The Bertz CT molecular complexity index is 592. The lowest BCUT2D eigenvalue weighted by molar-refractivity contribution is -0.116. The van der Waals surface area contributed by atoms with Crippen molar-refractivity contribution in [3.63, 3.8) is 0 Å². The molecule has 0 aromatic heterocycles. The maximum atomic E-state index is 12.4. The van der Waals surface area contributed by atoms with Gasteiger partial charge in [0.25, 0.3) is 0 Å². The Morgan fingerprint density at radius 1 is 1.26 bits per heavy atom. The van der Waals surface area contributed by atoms with Gasteiger partial charge in [-0.25, -0.2) is 4.79 Å². The van der Waals surface area contributed by atoms with Crippen LogP contribution in [0.5, 0.6) is 0 Å². The first-order chi connectivity index (χ1) is 11.0. The lowest BCUT2D eigenvalue weighted by Gasteiger charge is -2.35. The molecule has 2 aliphatic heterocycles. The van der Waals surface area contributed by atoms with Gasteiger partial charge in [0.2, 0.25) is 5.91 Å². The summed E-state index contributed by atoms with van der Waals surface area (Å²) in [5.41, 5.74) is 1.97. The fraction of sp³-hybridized carbons (Fsp3) is 0.556. The zero-order valence-electron chi connectivity index (χ0n) is 13.8. The molecule has 23 heavy (non-hydrogen) atoms. The zero-order chi connectivity index (χ0) is 16.4. The molecule has 0 bridgehead atoms. The summed E-state index contributed by atoms with van der Waals surface area (Å²) >= 11 is 0. The molecule has 1 aromatic rings. The Labute approximate surface area is 137 Å². The van der Waals surface area contributed by atoms with E-state index in [1.807, 2.05) is 29.2 Å². The summed E-state index contributed by atoms with van der Waals surface area (Å²) in [6.07, 6.45) is 1.60. The number of nitrogens with one attached hydrogen (secondary N) is 2. The first-order valence-corrected chi connectivity index (χ1v) is 8.44. The normalized spacial score (nSPS) is 27.1. The predicted molar refractivity (Wildman–Crippen MR) is 90.3 cm³/mol. The molecule has 124 valence electrons. The van der Waals surface area contributed by atoms with Crippen molar-refractivity contribution in [3.8, 4) is 0 Å². The van der Waals surface area contributed by atoms with Gasteiger partial charge in [-0.05, 0) is 29.9 Å². The molecule has 1 saturated heterocycles. The molecule has 5 heteroatoms. The maximum absolute atomic E-state index is 12.4. The van der Waals surface area contributed by atoms with Crippen LogP contribution in [0.3, 0.4) is 0 Å². The number of carbonyl (C=O) groups is 2. The fourth-order valence-electron chi connectivity index (χ4n) is 3.84. The number of piperidine rings is 1. The van der Waals surface area contributed by atoms with E-state index in [1.54, 1.807) is 0 Å². The molecule has 3 rings (SSSR count). The fourth-order valence-corrected chi connectivity index (χ4v) is 3.84. The Morgan fingerprint density at radius 2 is 1.96 bits per heavy atom. The molecule has 3 amide bonds. The Balaban J connectivity index is 1.62. The molecule has 1 fully saturated rings. The minimum absolute atomic E-state index is 0.00753.